The highest BCUT2D eigenvalue weighted by molar-refractivity contribution is 7.80. The third-order valence-corrected chi connectivity index (χ3v) is 4.22. The largest absolute Gasteiger partial charge is 0.392 e. The monoisotopic (exact) mass is 254 g/mol. The maximum atomic E-state index is 11.8. The van der Waals surface area contributed by atoms with Crippen molar-refractivity contribution in [2.75, 3.05) is 0 Å². The molecule has 1 amide bonds. The minimum atomic E-state index is -0.0546. The molecule has 2 aliphatic carbocycles. The first-order valence-corrected chi connectivity index (χ1v) is 7.16. The Morgan fingerprint density at radius 1 is 1.29 bits per heavy atom. The van der Waals surface area contributed by atoms with E-state index in [1.807, 2.05) is 0 Å². The summed E-state index contributed by atoms with van der Waals surface area (Å²) >= 11 is 5.01. The zero-order valence-corrected chi connectivity index (χ0v) is 11.1. The summed E-state index contributed by atoms with van der Waals surface area (Å²) < 4.78 is 0. The van der Waals surface area contributed by atoms with Crippen LogP contribution in [-0.2, 0) is 4.79 Å². The molecule has 2 saturated carbocycles. The van der Waals surface area contributed by atoms with Crippen molar-refractivity contribution in [3.8, 4) is 0 Å². The fourth-order valence-corrected chi connectivity index (χ4v) is 2.98. The molecule has 0 aromatic heterocycles. The van der Waals surface area contributed by atoms with Crippen LogP contribution in [0, 0.1) is 11.8 Å². The number of carbonyl (C=O) groups is 1. The molecule has 0 aromatic rings. The molecule has 2 rings (SSSR count). The molecule has 3 N–H and O–H groups in total. The van der Waals surface area contributed by atoms with Crippen LogP contribution in [0.1, 0.15) is 51.4 Å². The molecule has 0 bridgehead atoms. The summed E-state index contributed by atoms with van der Waals surface area (Å²) in [5.41, 5.74) is 5.66. The average Bonchev–Trinajstić information content (AvgIpc) is 2.99. The Labute approximate surface area is 109 Å². The van der Waals surface area contributed by atoms with Gasteiger partial charge in [0, 0.05) is 6.42 Å². The molecule has 2 fully saturated rings. The number of hydrogen-bond acceptors (Lipinski definition) is 2. The first-order valence-electron chi connectivity index (χ1n) is 6.75. The molecule has 3 nitrogen and oxygen atoms in total. The molecule has 0 aromatic carbocycles. The van der Waals surface area contributed by atoms with E-state index in [9.17, 15) is 4.79 Å². The molecule has 96 valence electrons. The van der Waals surface area contributed by atoms with Crippen LogP contribution in [0.4, 0.5) is 0 Å². The van der Waals surface area contributed by atoms with Crippen LogP contribution < -0.4 is 11.1 Å². The topological polar surface area (TPSA) is 55.1 Å². The molecule has 17 heavy (non-hydrogen) atoms. The van der Waals surface area contributed by atoms with Gasteiger partial charge >= 0.3 is 0 Å². The number of nitrogens with two attached hydrogens (primary N) is 1. The Morgan fingerprint density at radius 2 is 1.94 bits per heavy atom. The lowest BCUT2D eigenvalue weighted by molar-refractivity contribution is -0.121. The van der Waals surface area contributed by atoms with E-state index in [1.54, 1.807) is 0 Å². The Bertz CT molecular complexity index is 296. The van der Waals surface area contributed by atoms with Crippen molar-refractivity contribution < 1.29 is 4.79 Å². The number of carbonyl (C=O) groups excluding carboxylic acids is 1. The van der Waals surface area contributed by atoms with E-state index in [0.717, 1.165) is 25.2 Å². The molecule has 0 radical (unpaired) electrons. The first kappa shape index (κ1) is 12.8. The molecular weight excluding hydrogens is 232 g/mol. The van der Waals surface area contributed by atoms with Crippen molar-refractivity contribution in [3.05, 3.63) is 0 Å². The van der Waals surface area contributed by atoms with Gasteiger partial charge in [0.05, 0.1) is 11.0 Å². The van der Waals surface area contributed by atoms with Gasteiger partial charge in [-0.2, -0.15) is 0 Å². The van der Waals surface area contributed by atoms with Crippen molar-refractivity contribution in [2.45, 2.75) is 57.4 Å². The van der Waals surface area contributed by atoms with Gasteiger partial charge in [0.2, 0.25) is 5.91 Å². The van der Waals surface area contributed by atoms with Gasteiger partial charge < -0.3 is 11.1 Å². The summed E-state index contributed by atoms with van der Waals surface area (Å²) in [5, 5.41) is 3.00. The lowest BCUT2D eigenvalue weighted by atomic mass is 10.0. The minimum absolute atomic E-state index is 0.0546. The third kappa shape index (κ3) is 3.95. The van der Waals surface area contributed by atoms with Crippen LogP contribution in [0.15, 0.2) is 0 Å². The molecule has 0 aliphatic heterocycles. The van der Waals surface area contributed by atoms with Crippen LogP contribution in [0.3, 0.4) is 0 Å². The van der Waals surface area contributed by atoms with E-state index < -0.39 is 0 Å². The summed E-state index contributed by atoms with van der Waals surface area (Å²) in [5.74, 6) is 1.40. The van der Waals surface area contributed by atoms with Crippen LogP contribution >= 0.6 is 12.2 Å². The fraction of sp³-hybridized carbons (Fsp3) is 0.846. The Kier molecular flexibility index (Phi) is 4.37. The molecule has 1 unspecified atom stereocenters. The molecule has 0 spiro atoms. The number of hydrogen-bond donors (Lipinski definition) is 2. The van der Waals surface area contributed by atoms with Gasteiger partial charge in [-0.1, -0.05) is 37.9 Å². The number of amides is 1. The highest BCUT2D eigenvalue weighted by Gasteiger charge is 2.34. The predicted molar refractivity (Wildman–Crippen MR) is 72.6 cm³/mol. The Balaban J connectivity index is 1.69. The van der Waals surface area contributed by atoms with E-state index in [1.165, 1.54) is 25.7 Å². The van der Waals surface area contributed by atoms with E-state index >= 15 is 0 Å². The first-order chi connectivity index (χ1) is 8.16. The fourth-order valence-electron chi connectivity index (χ4n) is 2.73. The van der Waals surface area contributed by atoms with Gasteiger partial charge in [-0.15, -0.1) is 0 Å². The summed E-state index contributed by atoms with van der Waals surface area (Å²) in [6.45, 7) is 0. The molecule has 0 saturated heterocycles. The molecule has 2 aliphatic rings. The van der Waals surface area contributed by atoms with Crippen molar-refractivity contribution in [3.63, 3.8) is 0 Å². The molecule has 1 atom stereocenters. The van der Waals surface area contributed by atoms with Crippen molar-refractivity contribution in [1.82, 2.24) is 5.32 Å². The van der Waals surface area contributed by atoms with Gasteiger partial charge in [-0.05, 0) is 31.1 Å². The van der Waals surface area contributed by atoms with Crippen molar-refractivity contribution in [2.24, 2.45) is 17.6 Å². The van der Waals surface area contributed by atoms with Crippen LogP contribution in [0.25, 0.3) is 0 Å². The zero-order chi connectivity index (χ0) is 12.3. The molecule has 0 heterocycles. The highest BCUT2D eigenvalue weighted by Crippen LogP contribution is 2.33. The Morgan fingerprint density at radius 3 is 2.47 bits per heavy atom. The summed E-state index contributed by atoms with van der Waals surface area (Å²) in [4.78, 5) is 12.3. The third-order valence-electron chi connectivity index (χ3n) is 3.97. The number of nitrogens with one attached hydrogen (secondary N) is 1. The summed E-state index contributed by atoms with van der Waals surface area (Å²) in [6, 6.07) is -0.0546. The van der Waals surface area contributed by atoms with Crippen LogP contribution in [0.2, 0.25) is 0 Å². The van der Waals surface area contributed by atoms with E-state index in [-0.39, 0.29) is 11.9 Å². The maximum absolute atomic E-state index is 11.8. The maximum Gasteiger partial charge on any atom is 0.220 e. The number of thiocarbonyl (C=S) groups is 1. The highest BCUT2D eigenvalue weighted by atomic mass is 32.1. The Hall–Kier alpha value is -0.640. The molecule has 4 heteroatoms. The standard InChI is InChI=1S/C13H22N2OS/c14-13(17)12(10-6-7-10)15-11(16)8-5-9-3-1-2-4-9/h9-10,12H,1-8H2,(H2,14,17)(H,15,16). The van der Waals surface area contributed by atoms with Gasteiger partial charge in [-0.3, -0.25) is 4.79 Å². The molecular formula is C13H22N2OS. The van der Waals surface area contributed by atoms with Gasteiger partial charge in [0.15, 0.2) is 0 Å². The predicted octanol–water partition coefficient (Wildman–Crippen LogP) is 2.14. The SMILES string of the molecule is NC(=S)C(NC(=O)CCC1CCCC1)C1CC1. The lowest BCUT2D eigenvalue weighted by Crippen LogP contribution is -2.45. The summed E-state index contributed by atoms with van der Waals surface area (Å²) in [6.07, 6.45) is 9.23. The zero-order valence-electron chi connectivity index (χ0n) is 10.3. The van der Waals surface area contributed by atoms with Gasteiger partial charge in [0.1, 0.15) is 0 Å². The second-order valence-corrected chi connectivity index (χ2v) is 5.95. The number of rotatable bonds is 6. The van der Waals surface area contributed by atoms with Crippen molar-refractivity contribution in [1.29, 1.82) is 0 Å². The second kappa shape index (κ2) is 5.80. The van der Waals surface area contributed by atoms with Crippen molar-refractivity contribution >= 4 is 23.1 Å². The minimum Gasteiger partial charge on any atom is -0.392 e. The van der Waals surface area contributed by atoms with Crippen LogP contribution in [-0.4, -0.2) is 16.9 Å². The smallest absolute Gasteiger partial charge is 0.220 e. The van der Waals surface area contributed by atoms with E-state index in [4.69, 9.17) is 18.0 Å². The average molecular weight is 254 g/mol. The lowest BCUT2D eigenvalue weighted by Gasteiger charge is -2.17. The summed E-state index contributed by atoms with van der Waals surface area (Å²) in [7, 11) is 0. The van der Waals surface area contributed by atoms with E-state index in [0.29, 0.717) is 17.3 Å². The quantitative estimate of drug-likeness (QED) is 0.714. The normalized spacial score (nSPS) is 22.4. The van der Waals surface area contributed by atoms with Crippen LogP contribution in [0.5, 0.6) is 0 Å². The van der Waals surface area contributed by atoms with Gasteiger partial charge in [-0.25, -0.2) is 0 Å². The van der Waals surface area contributed by atoms with Gasteiger partial charge in [0.25, 0.3) is 0 Å². The van der Waals surface area contributed by atoms with E-state index in [2.05, 4.69) is 5.32 Å². The second-order valence-electron chi connectivity index (χ2n) is 5.47.